The molecule has 0 aromatic heterocycles. The maximum atomic E-state index is 12.9. The molecule has 1 aliphatic rings. The number of nitro benzene ring substituents is 1. The first-order chi connectivity index (χ1) is 13.2. The minimum Gasteiger partial charge on any atom is -0.504 e. The van der Waals surface area contributed by atoms with Crippen LogP contribution in [0.4, 0.5) is 11.4 Å². The molecular weight excluding hydrogens is 410 g/mol. The van der Waals surface area contributed by atoms with E-state index in [1.807, 2.05) is 0 Å². The van der Waals surface area contributed by atoms with Crippen LogP contribution in [-0.2, 0) is 9.59 Å². The lowest BCUT2D eigenvalue weighted by atomic mass is 10.0. The Morgan fingerprint density at radius 2 is 1.75 bits per heavy atom. The van der Waals surface area contributed by atoms with Gasteiger partial charge in [0.25, 0.3) is 17.5 Å². The van der Waals surface area contributed by atoms with E-state index in [1.54, 1.807) is 0 Å². The van der Waals surface area contributed by atoms with Crippen molar-refractivity contribution in [2.75, 3.05) is 4.90 Å². The normalized spacial score (nSPS) is 15.7. The fraction of sp³-hybridized carbons (Fsp3) is 0. The maximum Gasteiger partial charge on any atom is 0.280 e. The molecule has 9 nitrogen and oxygen atoms in total. The first-order valence-corrected chi connectivity index (χ1v) is 8.35. The number of benzene rings is 2. The highest BCUT2D eigenvalue weighted by atomic mass is 35.5. The van der Waals surface area contributed by atoms with Crippen LogP contribution in [0.5, 0.6) is 11.5 Å². The fourth-order valence-corrected chi connectivity index (χ4v) is 2.90. The first kappa shape index (κ1) is 19.3. The van der Waals surface area contributed by atoms with Gasteiger partial charge in [-0.25, -0.2) is 0 Å². The number of carbonyl (C=O) groups is 2. The maximum absolute atomic E-state index is 12.9. The largest absolute Gasteiger partial charge is 0.504 e. The second-order valence-corrected chi connectivity index (χ2v) is 6.41. The molecule has 0 radical (unpaired) electrons. The van der Waals surface area contributed by atoms with Crippen LogP contribution < -0.4 is 10.2 Å². The minimum absolute atomic E-state index is 0.169. The van der Waals surface area contributed by atoms with Gasteiger partial charge in [-0.1, -0.05) is 11.6 Å². The van der Waals surface area contributed by atoms with Crippen LogP contribution in [0.1, 0.15) is 5.56 Å². The van der Waals surface area contributed by atoms with Gasteiger partial charge < -0.3 is 10.2 Å². The van der Waals surface area contributed by atoms with Gasteiger partial charge in [0.1, 0.15) is 5.57 Å². The minimum atomic E-state index is -0.859. The zero-order valence-corrected chi connectivity index (χ0v) is 15.3. The average Bonchev–Trinajstić information content (AvgIpc) is 2.62. The summed E-state index contributed by atoms with van der Waals surface area (Å²) < 4.78 is 0. The Labute approximate surface area is 167 Å². The Kier molecular flexibility index (Phi) is 4.99. The molecule has 0 aliphatic carbocycles. The smallest absolute Gasteiger partial charge is 0.280 e. The Morgan fingerprint density at radius 3 is 2.36 bits per heavy atom. The van der Waals surface area contributed by atoms with Crippen molar-refractivity contribution in [3.8, 4) is 11.5 Å². The molecule has 3 N–H and O–H groups in total. The van der Waals surface area contributed by atoms with Crippen molar-refractivity contribution in [1.82, 2.24) is 5.32 Å². The van der Waals surface area contributed by atoms with Crippen molar-refractivity contribution in [3.63, 3.8) is 0 Å². The van der Waals surface area contributed by atoms with Crippen molar-refractivity contribution in [3.05, 3.63) is 62.7 Å². The molecule has 1 aliphatic heterocycles. The molecule has 2 aromatic rings. The quantitative estimate of drug-likeness (QED) is 0.174. The molecule has 1 heterocycles. The summed E-state index contributed by atoms with van der Waals surface area (Å²) in [5, 5.41) is 32.9. The number of carbonyl (C=O) groups excluding carboxylic acids is 2. The van der Waals surface area contributed by atoms with E-state index in [1.165, 1.54) is 24.3 Å². The lowest BCUT2D eigenvalue weighted by molar-refractivity contribution is -0.385. The van der Waals surface area contributed by atoms with E-state index in [0.717, 1.165) is 17.0 Å². The van der Waals surface area contributed by atoms with Crippen molar-refractivity contribution >= 4 is 58.2 Å². The van der Waals surface area contributed by atoms with Crippen LogP contribution in [0, 0.1) is 10.1 Å². The lowest BCUT2D eigenvalue weighted by Crippen LogP contribution is -2.54. The van der Waals surface area contributed by atoms with Gasteiger partial charge in [-0.3, -0.25) is 29.9 Å². The molecule has 1 saturated heterocycles. The summed E-state index contributed by atoms with van der Waals surface area (Å²) in [6.07, 6.45) is 0.944. The number of nitro groups is 1. The highest BCUT2D eigenvalue weighted by Crippen LogP contribution is 2.34. The van der Waals surface area contributed by atoms with Crippen LogP contribution in [0.25, 0.3) is 6.08 Å². The van der Waals surface area contributed by atoms with Crippen LogP contribution >= 0.6 is 23.8 Å². The fourth-order valence-electron chi connectivity index (χ4n) is 2.49. The van der Waals surface area contributed by atoms with E-state index >= 15 is 0 Å². The zero-order valence-electron chi connectivity index (χ0n) is 13.7. The molecule has 0 unspecified atom stereocenters. The highest BCUT2D eigenvalue weighted by Gasteiger charge is 2.35. The van der Waals surface area contributed by atoms with Crippen molar-refractivity contribution in [2.45, 2.75) is 0 Å². The van der Waals surface area contributed by atoms with Gasteiger partial charge in [0, 0.05) is 5.02 Å². The second-order valence-electron chi connectivity index (χ2n) is 5.59. The SMILES string of the molecule is O=C1NC(=S)N(c2ccc(Cl)cc2)C(=O)/C1=C/c1cc(O)c(O)cc1[N+](=O)[O-]. The molecular formula is C17H10ClN3O6S. The van der Waals surface area contributed by atoms with Gasteiger partial charge in [-0.05, 0) is 48.6 Å². The molecule has 142 valence electrons. The molecule has 1 fully saturated rings. The summed E-state index contributed by atoms with van der Waals surface area (Å²) in [5.74, 6) is -3.04. The third kappa shape index (κ3) is 3.50. The Morgan fingerprint density at radius 1 is 1.14 bits per heavy atom. The van der Waals surface area contributed by atoms with Crippen LogP contribution in [0.2, 0.25) is 5.02 Å². The van der Waals surface area contributed by atoms with Crippen LogP contribution in [0.15, 0.2) is 42.0 Å². The summed E-state index contributed by atoms with van der Waals surface area (Å²) in [7, 11) is 0. The van der Waals surface area contributed by atoms with E-state index in [-0.39, 0.29) is 10.7 Å². The van der Waals surface area contributed by atoms with Gasteiger partial charge in [-0.15, -0.1) is 0 Å². The molecule has 0 bridgehead atoms. The number of nitrogens with one attached hydrogen (secondary N) is 1. The van der Waals surface area contributed by atoms with E-state index in [9.17, 15) is 29.9 Å². The van der Waals surface area contributed by atoms with Crippen LogP contribution in [0.3, 0.4) is 0 Å². The van der Waals surface area contributed by atoms with Gasteiger partial charge in [0.05, 0.1) is 22.2 Å². The summed E-state index contributed by atoms with van der Waals surface area (Å²) in [6, 6.07) is 7.66. The van der Waals surface area contributed by atoms with Gasteiger partial charge >= 0.3 is 0 Å². The van der Waals surface area contributed by atoms with E-state index < -0.39 is 39.5 Å². The number of phenols is 2. The van der Waals surface area contributed by atoms with E-state index in [2.05, 4.69) is 5.32 Å². The molecule has 0 spiro atoms. The van der Waals surface area contributed by atoms with E-state index in [0.29, 0.717) is 16.8 Å². The standard InChI is InChI=1S/C17H10ClN3O6S/c18-9-1-3-10(4-2-9)20-16(25)11(15(24)19-17(20)28)5-8-6-13(22)14(23)7-12(8)21(26)27/h1-7,22-23H,(H,19,24,28)/b11-5+. The van der Waals surface area contributed by atoms with E-state index in [4.69, 9.17) is 23.8 Å². The number of aromatic hydroxyl groups is 2. The number of nitrogens with zero attached hydrogens (tertiary/aromatic N) is 2. The molecule has 0 saturated carbocycles. The van der Waals surface area contributed by atoms with Gasteiger partial charge in [0.15, 0.2) is 16.6 Å². The van der Waals surface area contributed by atoms with Crippen molar-refractivity contribution < 1.29 is 24.7 Å². The van der Waals surface area contributed by atoms with Crippen molar-refractivity contribution in [2.24, 2.45) is 0 Å². The third-order valence-corrected chi connectivity index (χ3v) is 4.34. The molecule has 0 atom stereocenters. The number of amides is 2. The number of anilines is 1. The summed E-state index contributed by atoms with van der Waals surface area (Å²) in [6.45, 7) is 0. The number of phenolic OH excluding ortho intramolecular Hbond substituents is 2. The third-order valence-electron chi connectivity index (χ3n) is 3.81. The van der Waals surface area contributed by atoms with Crippen molar-refractivity contribution in [1.29, 1.82) is 0 Å². The highest BCUT2D eigenvalue weighted by molar-refractivity contribution is 7.80. The zero-order chi connectivity index (χ0) is 20.6. The average molecular weight is 420 g/mol. The monoisotopic (exact) mass is 419 g/mol. The summed E-state index contributed by atoms with van der Waals surface area (Å²) in [4.78, 5) is 36.6. The number of halogens is 1. The number of hydrogen-bond acceptors (Lipinski definition) is 7. The lowest BCUT2D eigenvalue weighted by Gasteiger charge is -2.28. The number of hydrogen-bond donors (Lipinski definition) is 3. The van der Waals surface area contributed by atoms with Crippen LogP contribution in [-0.4, -0.2) is 32.1 Å². The predicted molar refractivity (Wildman–Crippen MR) is 104 cm³/mol. The molecule has 2 amide bonds. The molecule has 28 heavy (non-hydrogen) atoms. The summed E-state index contributed by atoms with van der Waals surface area (Å²) in [5.41, 5.74) is -0.970. The first-order valence-electron chi connectivity index (χ1n) is 7.56. The summed E-state index contributed by atoms with van der Waals surface area (Å²) >= 11 is 10.9. The van der Waals surface area contributed by atoms with Gasteiger partial charge in [-0.2, -0.15) is 0 Å². The molecule has 3 rings (SSSR count). The Balaban J connectivity index is 2.11. The topological polar surface area (TPSA) is 133 Å². The predicted octanol–water partition coefficient (Wildman–Crippen LogP) is 2.49. The molecule has 2 aromatic carbocycles. The number of thiocarbonyl (C=S) groups is 1. The Hall–Kier alpha value is -3.50. The molecule has 11 heteroatoms. The Bertz CT molecular complexity index is 1070. The number of rotatable bonds is 3. The van der Waals surface area contributed by atoms with Gasteiger partial charge in [0.2, 0.25) is 0 Å². The second kappa shape index (κ2) is 7.25.